The van der Waals surface area contributed by atoms with E-state index in [1.165, 1.54) is 12.7 Å². The monoisotopic (exact) mass is 2060 g/mol. The molecule has 21 rings (SSSR count). The maximum absolute atomic E-state index is 12.7. The number of nitrogens with zero attached hydrogens (tertiary/aromatic N) is 11. The molecule has 0 spiro atoms. The Kier molecular flexibility index (Phi) is 31.1. The van der Waals surface area contributed by atoms with Crippen molar-refractivity contribution in [1.29, 1.82) is 0 Å². The predicted molar refractivity (Wildman–Crippen MR) is 529 cm³/mol. The first-order valence-electron chi connectivity index (χ1n) is 44.3. The van der Waals surface area contributed by atoms with Gasteiger partial charge in [0.2, 0.25) is 23.5 Å². The molecule has 3 amide bonds. The van der Waals surface area contributed by atoms with Gasteiger partial charge in [0.15, 0.2) is 0 Å². The normalized spacial score (nSPS) is 23.1. The van der Waals surface area contributed by atoms with Crippen LogP contribution in [-0.2, 0) is 33.2 Å². The Hall–Kier alpha value is -8.24. The SMILES string of the molecule is CC(C)(C)OC(=O)N1CC2COCC(C1)C2Oc1ncnc2c(Br)csc12.Cc1ccc(-c2csc3c(OC4C5CNCC4COC5)ncnc23)c(Cl)c1.Cc1ccc(-c2csc3c(OC4C5COCC4CN(C(=O)OC(C)(C)C)C5)ncnc23)c(Cl)c1.Cc1ccc(-c2csc3c(OC4C5COCC4CN(C(=O)OC4(C)CC4)C5)ncnc23)c(Cl)c1.Cc1ccc(B(O)O)c(Cl)c1.Cl. The smallest absolute Gasteiger partial charge is 0.472 e. The van der Waals surface area contributed by atoms with E-state index in [1.54, 1.807) is 86.0 Å². The first-order chi connectivity index (χ1) is 63.7. The van der Waals surface area contributed by atoms with Crippen LogP contribution < -0.4 is 29.7 Å². The Morgan fingerprint density at radius 1 is 0.425 bits per heavy atom. The van der Waals surface area contributed by atoms with E-state index in [4.69, 9.17) is 109 Å². The number of amides is 3. The number of carbonyl (C=O) groups is 3. The van der Waals surface area contributed by atoms with Crippen LogP contribution in [0.15, 0.2) is 124 Å². The molecule has 0 radical (unpaired) electrons. The van der Waals surface area contributed by atoms with Gasteiger partial charge >= 0.3 is 25.4 Å². The summed E-state index contributed by atoms with van der Waals surface area (Å²) in [6, 6.07) is 23.2. The standard InChI is InChI=1S/C25H26ClN3O4S.C25H28ClN3O4S.C20H20ClN3O2S.C18H22BrN3O4S.C7H8BClO2.ClH/c1-14-3-4-17(19(26)7-14)18-12-34-22-20(18)27-13-28-23(22)32-21-15-8-29(9-16(21)11-31-10-15)24(30)33-25(2)5-6-25;1-14-5-6-17(19(26)7-14)18-12-34-22-20(18)27-13-28-23(22)32-21-15-8-29(9-16(21)11-31-10-15)24(30)33-25(2,3)4;1-11-2-3-14(16(21)4-11)15-9-27-19-17(15)23-10-24-20(19)26-18-12-5-22-6-13(18)8-25-7-12;1-18(2,3)26-17(23)22-4-10-6-24-7-11(5-22)14(10)25-16-15-13(20-9-21-16)12(19)8-27-15;1-5-2-3-6(8(10)11)7(9)4-5;/h3-4,7,12-13,15-16,21H,5-6,8-11H2,1-2H3;5-7,12-13,15-16,21H,8-11H2,1-4H3;2-4,9-10,12-13,18,22H,5-8H2,1H3;8-11,14H,4-7H2,1-3H3;2-4,10-11H,1H3;1H. The van der Waals surface area contributed by atoms with Crippen LogP contribution in [-0.4, -0.2) is 236 Å². The number of aromatic nitrogens is 8. The van der Waals surface area contributed by atoms with Crippen molar-refractivity contribution in [3.8, 4) is 56.9 Å². The number of hydrogen-bond acceptors (Lipinski definition) is 29. The van der Waals surface area contributed by atoms with Crippen LogP contribution >= 0.6 is 120 Å². The van der Waals surface area contributed by atoms with Gasteiger partial charge in [-0.3, -0.25) is 0 Å². The second-order valence-electron chi connectivity index (χ2n) is 37.5. The molecular formula is C95H105BBrCl5N12O16S4. The summed E-state index contributed by atoms with van der Waals surface area (Å²) in [6.07, 6.45) is 7.20. The maximum atomic E-state index is 12.7. The summed E-state index contributed by atoms with van der Waals surface area (Å²) in [6.45, 7) is 31.1. The molecule has 8 atom stereocenters. The van der Waals surface area contributed by atoms with Crippen LogP contribution in [0.25, 0.3) is 74.2 Å². The quantitative estimate of drug-likeness (QED) is 0.0713. The second kappa shape index (κ2) is 42.2. The number of halogens is 6. The van der Waals surface area contributed by atoms with Crippen LogP contribution in [0, 0.1) is 75.0 Å². The first-order valence-corrected chi connectivity index (χ1v) is 50.1. The summed E-state index contributed by atoms with van der Waals surface area (Å²) in [5.74, 6) is 3.48. The maximum Gasteiger partial charge on any atom is 0.489 e. The van der Waals surface area contributed by atoms with E-state index >= 15 is 0 Å². The van der Waals surface area contributed by atoms with E-state index in [9.17, 15) is 14.4 Å². The summed E-state index contributed by atoms with van der Waals surface area (Å²) in [4.78, 5) is 78.9. The number of benzene rings is 4. The minimum Gasteiger partial charge on any atom is -0.472 e. The minimum atomic E-state index is -1.48. The minimum absolute atomic E-state index is 0. The summed E-state index contributed by atoms with van der Waals surface area (Å²) in [5.41, 5.74) is 12.7. The molecule has 9 fully saturated rings. The number of likely N-dealkylation sites (tertiary alicyclic amines) is 3. The molecule has 4 aromatic carbocycles. The van der Waals surface area contributed by atoms with Crippen molar-refractivity contribution in [2.24, 2.45) is 47.3 Å². The van der Waals surface area contributed by atoms with Gasteiger partial charge in [0.1, 0.15) is 90.8 Å². The number of fused-ring (bicyclic) bond motifs is 12. The molecule has 134 heavy (non-hydrogen) atoms. The highest BCUT2D eigenvalue weighted by molar-refractivity contribution is 9.10. The Bertz CT molecular complexity index is 6000. The Labute approximate surface area is 827 Å². The van der Waals surface area contributed by atoms with Crippen LogP contribution in [0.4, 0.5) is 14.4 Å². The van der Waals surface area contributed by atoms with Crippen molar-refractivity contribution < 1.29 is 76.5 Å². The molecule has 1 saturated carbocycles. The predicted octanol–water partition coefficient (Wildman–Crippen LogP) is 19.3. The van der Waals surface area contributed by atoms with Crippen LogP contribution in [0.1, 0.15) is 83.6 Å². The molecule has 28 nitrogen and oxygen atoms in total. The van der Waals surface area contributed by atoms with E-state index in [0.717, 1.165) is 145 Å². The molecule has 8 saturated heterocycles. The Morgan fingerprint density at radius 3 is 1.03 bits per heavy atom. The van der Waals surface area contributed by atoms with Crippen molar-refractivity contribution >= 4 is 192 Å². The molecule has 12 aromatic rings. The van der Waals surface area contributed by atoms with Gasteiger partial charge in [-0.05, 0) is 151 Å². The lowest BCUT2D eigenvalue weighted by Crippen LogP contribution is -2.59. The molecule has 8 bridgehead atoms. The zero-order chi connectivity index (χ0) is 93.5. The van der Waals surface area contributed by atoms with Gasteiger partial charge in [-0.2, -0.15) is 0 Å². The molecule has 9 aliphatic rings. The number of nitrogens with one attached hydrogen (secondary N) is 1. The highest BCUT2D eigenvalue weighted by Crippen LogP contribution is 2.48. The van der Waals surface area contributed by atoms with Crippen molar-refractivity contribution in [2.45, 2.75) is 130 Å². The van der Waals surface area contributed by atoms with Gasteiger partial charge in [-0.15, -0.1) is 57.8 Å². The summed E-state index contributed by atoms with van der Waals surface area (Å²) in [7, 11) is -1.48. The van der Waals surface area contributed by atoms with Crippen molar-refractivity contribution in [1.82, 2.24) is 59.9 Å². The third kappa shape index (κ3) is 22.8. The fraction of sp³-hybridized carbons (Fsp3) is 0.463. The van der Waals surface area contributed by atoms with Crippen molar-refractivity contribution in [3.05, 3.63) is 166 Å². The van der Waals surface area contributed by atoms with Gasteiger partial charge in [0, 0.05) is 180 Å². The van der Waals surface area contributed by atoms with E-state index in [0.29, 0.717) is 135 Å². The Morgan fingerprint density at radius 2 is 0.716 bits per heavy atom. The molecular weight excluding hydrogens is 1960 g/mol. The number of piperidine rings is 4. The van der Waals surface area contributed by atoms with Crippen molar-refractivity contribution in [3.63, 3.8) is 0 Å². The van der Waals surface area contributed by atoms with Crippen molar-refractivity contribution in [2.75, 3.05) is 105 Å². The number of aryl methyl sites for hydroxylation is 4. The molecule has 8 aliphatic heterocycles. The van der Waals surface area contributed by atoms with E-state index in [1.807, 2.05) is 129 Å². The average Bonchev–Trinajstić information content (AvgIpc) is 1.06. The van der Waals surface area contributed by atoms with E-state index in [2.05, 4.69) is 89.4 Å². The average molecular weight is 2070 g/mol. The number of hydrogen-bond donors (Lipinski definition) is 3. The summed E-state index contributed by atoms with van der Waals surface area (Å²) in [5, 5.41) is 31.7. The van der Waals surface area contributed by atoms with Gasteiger partial charge < -0.3 is 82.2 Å². The number of thiophene rings is 4. The number of rotatable bonds is 13. The Balaban J connectivity index is 0.000000125. The number of carbonyl (C=O) groups excluding carboxylic acids is 3. The summed E-state index contributed by atoms with van der Waals surface area (Å²) < 4.78 is 70.4. The van der Waals surface area contributed by atoms with E-state index in [-0.39, 0.29) is 96.2 Å². The second-order valence-corrected chi connectivity index (χ2v) is 43.5. The molecule has 16 heterocycles. The third-order valence-electron chi connectivity index (χ3n) is 24.7. The molecule has 8 unspecified atom stereocenters. The van der Waals surface area contributed by atoms with Gasteiger partial charge in [0.25, 0.3) is 0 Å². The summed E-state index contributed by atoms with van der Waals surface area (Å²) >= 11 is 35.1. The fourth-order valence-electron chi connectivity index (χ4n) is 17.9. The zero-order valence-electron chi connectivity index (χ0n) is 75.7. The van der Waals surface area contributed by atoms with E-state index < -0.39 is 18.3 Å². The van der Waals surface area contributed by atoms with Crippen LogP contribution in [0.2, 0.25) is 20.1 Å². The van der Waals surface area contributed by atoms with Crippen LogP contribution in [0.3, 0.4) is 0 Å². The molecule has 1 aliphatic carbocycles. The third-order valence-corrected chi connectivity index (χ3v) is 30.7. The molecule has 710 valence electrons. The first kappa shape index (κ1) is 98.8. The lowest BCUT2D eigenvalue weighted by Gasteiger charge is -2.46. The highest BCUT2D eigenvalue weighted by atomic mass is 79.9. The largest absolute Gasteiger partial charge is 0.489 e. The molecule has 8 aromatic heterocycles. The van der Waals surface area contributed by atoms with Gasteiger partial charge in [-0.1, -0.05) is 94.9 Å². The topological polar surface area (TPSA) is 318 Å². The number of ether oxygens (including phenoxy) is 11. The fourth-order valence-corrected chi connectivity index (χ4v) is 23.7. The molecule has 3 N–H and O–H groups in total. The lowest BCUT2D eigenvalue weighted by atomic mass is 9.80. The van der Waals surface area contributed by atoms with Gasteiger partial charge in [0.05, 0.1) is 73.9 Å². The van der Waals surface area contributed by atoms with Crippen LogP contribution in [0.5, 0.6) is 23.5 Å². The van der Waals surface area contributed by atoms with Gasteiger partial charge in [-0.25, -0.2) is 54.3 Å². The highest BCUT2D eigenvalue weighted by Gasteiger charge is 2.50. The molecule has 39 heteroatoms. The lowest BCUT2D eigenvalue weighted by molar-refractivity contribution is -0.113. The zero-order valence-corrected chi connectivity index (χ0v) is 84.4.